The van der Waals surface area contributed by atoms with Gasteiger partial charge in [-0.2, -0.15) is 5.26 Å². The summed E-state index contributed by atoms with van der Waals surface area (Å²) in [7, 11) is 0. The highest BCUT2D eigenvalue weighted by molar-refractivity contribution is 5.73. The first-order valence-corrected chi connectivity index (χ1v) is 4.67. The topological polar surface area (TPSA) is 73.6 Å². The third kappa shape index (κ3) is 2.44. The van der Waals surface area contributed by atoms with E-state index in [1.165, 1.54) is 0 Å². The molecule has 2 unspecified atom stereocenters. The SMILES string of the molecule is CCC(C(=O)O)N1CCOC(C#N)C1. The molecule has 1 rings (SSSR count). The number of nitriles is 1. The van der Waals surface area contributed by atoms with Gasteiger partial charge in [0.2, 0.25) is 0 Å². The smallest absolute Gasteiger partial charge is 0.320 e. The van der Waals surface area contributed by atoms with E-state index < -0.39 is 18.1 Å². The minimum atomic E-state index is -0.828. The van der Waals surface area contributed by atoms with Gasteiger partial charge >= 0.3 is 5.97 Å². The first-order valence-electron chi connectivity index (χ1n) is 4.67. The van der Waals surface area contributed by atoms with E-state index >= 15 is 0 Å². The molecule has 0 saturated carbocycles. The third-order valence-electron chi connectivity index (χ3n) is 2.35. The first kappa shape index (κ1) is 11.0. The Bertz CT molecular complexity index is 249. The van der Waals surface area contributed by atoms with Gasteiger partial charge in [-0.05, 0) is 6.42 Å². The number of carboxylic acid groups (broad SMARTS) is 1. The molecule has 1 fully saturated rings. The fraction of sp³-hybridized carbons (Fsp3) is 0.778. The van der Waals surface area contributed by atoms with Crippen LogP contribution < -0.4 is 0 Å². The third-order valence-corrected chi connectivity index (χ3v) is 2.35. The van der Waals surface area contributed by atoms with E-state index in [4.69, 9.17) is 15.1 Å². The molecule has 0 radical (unpaired) electrons. The molecule has 2 atom stereocenters. The molecule has 1 saturated heterocycles. The van der Waals surface area contributed by atoms with Crippen LogP contribution in [-0.2, 0) is 9.53 Å². The normalized spacial score (nSPS) is 25.3. The Hall–Kier alpha value is -1.12. The first-order chi connectivity index (χ1) is 6.69. The number of ether oxygens (including phenoxy) is 1. The van der Waals surface area contributed by atoms with Crippen LogP contribution >= 0.6 is 0 Å². The molecule has 0 spiro atoms. The monoisotopic (exact) mass is 198 g/mol. The summed E-state index contributed by atoms with van der Waals surface area (Å²) >= 11 is 0. The number of carbonyl (C=O) groups is 1. The largest absolute Gasteiger partial charge is 0.480 e. The van der Waals surface area contributed by atoms with Gasteiger partial charge in [0.05, 0.1) is 12.7 Å². The molecule has 1 aliphatic rings. The molecule has 0 aromatic carbocycles. The predicted octanol–water partition coefficient (Wildman–Crippen LogP) is 0.0740. The van der Waals surface area contributed by atoms with Gasteiger partial charge in [-0.15, -0.1) is 0 Å². The van der Waals surface area contributed by atoms with Crippen LogP contribution in [0.2, 0.25) is 0 Å². The average molecular weight is 198 g/mol. The molecule has 0 amide bonds. The molecule has 1 heterocycles. The van der Waals surface area contributed by atoms with Crippen molar-refractivity contribution < 1.29 is 14.6 Å². The number of carboxylic acids is 1. The van der Waals surface area contributed by atoms with Gasteiger partial charge in [0, 0.05) is 13.1 Å². The van der Waals surface area contributed by atoms with E-state index in [1.807, 2.05) is 13.0 Å². The number of hydrogen-bond donors (Lipinski definition) is 1. The summed E-state index contributed by atoms with van der Waals surface area (Å²) < 4.78 is 5.14. The number of morpholine rings is 1. The van der Waals surface area contributed by atoms with Crippen molar-refractivity contribution in [3.63, 3.8) is 0 Å². The molecule has 0 aromatic rings. The van der Waals surface area contributed by atoms with E-state index in [2.05, 4.69) is 0 Å². The molecule has 5 nitrogen and oxygen atoms in total. The second-order valence-electron chi connectivity index (χ2n) is 3.25. The molecule has 5 heteroatoms. The van der Waals surface area contributed by atoms with Crippen LogP contribution in [0.1, 0.15) is 13.3 Å². The number of hydrogen-bond acceptors (Lipinski definition) is 4. The van der Waals surface area contributed by atoms with Crippen molar-refractivity contribution in [3.05, 3.63) is 0 Å². The summed E-state index contributed by atoms with van der Waals surface area (Å²) in [5, 5.41) is 17.6. The Morgan fingerprint density at radius 3 is 3.07 bits per heavy atom. The molecule has 1 N–H and O–H groups in total. The van der Waals surface area contributed by atoms with Crippen molar-refractivity contribution in [2.75, 3.05) is 19.7 Å². The van der Waals surface area contributed by atoms with Crippen LogP contribution in [-0.4, -0.2) is 47.8 Å². The van der Waals surface area contributed by atoms with E-state index in [0.717, 1.165) is 0 Å². The maximum Gasteiger partial charge on any atom is 0.320 e. The van der Waals surface area contributed by atoms with Gasteiger partial charge in [0.25, 0.3) is 0 Å². The van der Waals surface area contributed by atoms with Crippen LogP contribution in [0.15, 0.2) is 0 Å². The van der Waals surface area contributed by atoms with E-state index in [9.17, 15) is 4.79 Å². The lowest BCUT2D eigenvalue weighted by Crippen LogP contribution is -2.50. The molecular formula is C9H14N2O3. The Morgan fingerprint density at radius 1 is 1.86 bits per heavy atom. The average Bonchev–Trinajstić information content (AvgIpc) is 2.19. The van der Waals surface area contributed by atoms with Gasteiger partial charge in [0.1, 0.15) is 6.04 Å². The van der Waals surface area contributed by atoms with Crippen LogP contribution in [0, 0.1) is 11.3 Å². The molecule has 0 aliphatic carbocycles. The Morgan fingerprint density at radius 2 is 2.57 bits per heavy atom. The van der Waals surface area contributed by atoms with E-state index in [0.29, 0.717) is 26.1 Å². The molecule has 0 bridgehead atoms. The Balaban J connectivity index is 2.58. The lowest BCUT2D eigenvalue weighted by Gasteiger charge is -2.33. The van der Waals surface area contributed by atoms with Gasteiger partial charge in [0.15, 0.2) is 6.10 Å². The van der Waals surface area contributed by atoms with Crippen molar-refractivity contribution in [2.24, 2.45) is 0 Å². The fourth-order valence-corrected chi connectivity index (χ4v) is 1.62. The lowest BCUT2D eigenvalue weighted by atomic mass is 10.1. The lowest BCUT2D eigenvalue weighted by molar-refractivity contribution is -0.145. The van der Waals surface area contributed by atoms with Crippen molar-refractivity contribution in [2.45, 2.75) is 25.5 Å². The zero-order chi connectivity index (χ0) is 10.6. The second-order valence-corrected chi connectivity index (χ2v) is 3.25. The number of aliphatic carboxylic acids is 1. The highest BCUT2D eigenvalue weighted by atomic mass is 16.5. The van der Waals surface area contributed by atoms with E-state index in [-0.39, 0.29) is 0 Å². The van der Waals surface area contributed by atoms with E-state index in [1.54, 1.807) is 4.90 Å². The number of rotatable bonds is 3. The number of nitrogens with zero attached hydrogens (tertiary/aromatic N) is 2. The molecule has 78 valence electrons. The molecule has 0 aromatic heterocycles. The van der Waals surface area contributed by atoms with Gasteiger partial charge in [-0.25, -0.2) is 0 Å². The van der Waals surface area contributed by atoms with Gasteiger partial charge in [-0.1, -0.05) is 6.92 Å². The van der Waals surface area contributed by atoms with Gasteiger partial charge < -0.3 is 9.84 Å². The highest BCUT2D eigenvalue weighted by Crippen LogP contribution is 2.11. The maximum atomic E-state index is 10.9. The van der Waals surface area contributed by atoms with Crippen LogP contribution in [0.4, 0.5) is 0 Å². The standard InChI is InChI=1S/C9H14N2O3/c1-2-8(9(12)13)11-3-4-14-7(5-10)6-11/h7-8H,2-4,6H2,1H3,(H,12,13). The van der Waals surface area contributed by atoms with Crippen LogP contribution in [0.3, 0.4) is 0 Å². The van der Waals surface area contributed by atoms with Gasteiger partial charge in [-0.3, -0.25) is 9.69 Å². The fourth-order valence-electron chi connectivity index (χ4n) is 1.62. The predicted molar refractivity (Wildman–Crippen MR) is 48.6 cm³/mol. The summed E-state index contributed by atoms with van der Waals surface area (Å²) in [6.45, 7) is 3.24. The molecule has 1 aliphatic heterocycles. The van der Waals surface area contributed by atoms with Crippen molar-refractivity contribution in [1.29, 1.82) is 5.26 Å². The second kappa shape index (κ2) is 4.94. The summed E-state index contributed by atoms with van der Waals surface area (Å²) in [6.07, 6.45) is 0.0603. The van der Waals surface area contributed by atoms with Crippen LogP contribution in [0.25, 0.3) is 0 Å². The van der Waals surface area contributed by atoms with Crippen LogP contribution in [0.5, 0.6) is 0 Å². The zero-order valence-corrected chi connectivity index (χ0v) is 8.14. The van der Waals surface area contributed by atoms with Crippen molar-refractivity contribution in [1.82, 2.24) is 4.90 Å². The minimum absolute atomic E-state index is 0.390. The Labute approximate surface area is 82.9 Å². The summed E-state index contributed by atoms with van der Waals surface area (Å²) in [5.74, 6) is -0.828. The summed E-state index contributed by atoms with van der Waals surface area (Å²) in [4.78, 5) is 12.7. The highest BCUT2D eigenvalue weighted by Gasteiger charge is 2.29. The van der Waals surface area contributed by atoms with Crippen molar-refractivity contribution >= 4 is 5.97 Å². The summed E-state index contributed by atoms with van der Waals surface area (Å²) in [5.41, 5.74) is 0. The summed E-state index contributed by atoms with van der Waals surface area (Å²) in [6, 6.07) is 1.50. The quantitative estimate of drug-likeness (QED) is 0.694. The minimum Gasteiger partial charge on any atom is -0.480 e. The Kier molecular flexibility index (Phi) is 3.86. The maximum absolute atomic E-state index is 10.9. The van der Waals surface area contributed by atoms with Crippen molar-refractivity contribution in [3.8, 4) is 6.07 Å². The zero-order valence-electron chi connectivity index (χ0n) is 8.14. The molecular weight excluding hydrogens is 184 g/mol. The molecule has 14 heavy (non-hydrogen) atoms.